The molecule has 1 saturated heterocycles. The van der Waals surface area contributed by atoms with Gasteiger partial charge in [-0.15, -0.1) is 0 Å². The normalized spacial score (nSPS) is 23.7. The highest BCUT2D eigenvalue weighted by Gasteiger charge is 2.55. The summed E-state index contributed by atoms with van der Waals surface area (Å²) in [5.74, 6) is -0.916. The number of hydrogen-bond donors (Lipinski definition) is 1. The van der Waals surface area contributed by atoms with E-state index >= 15 is 0 Å². The molecule has 0 amide bonds. The Kier molecular flexibility index (Phi) is 2.75. The number of alkyl halides is 3. The van der Waals surface area contributed by atoms with Crippen LogP contribution in [0.1, 0.15) is 20.3 Å². The highest BCUT2D eigenvalue weighted by atomic mass is 19.4. The number of rotatable bonds is 1. The summed E-state index contributed by atoms with van der Waals surface area (Å²) in [7, 11) is 1.70. The molecule has 1 fully saturated rings. The largest absolute Gasteiger partial charge is 0.394 e. The molecule has 2 N–H and O–H groups in total. The molecule has 0 aliphatic carbocycles. The summed E-state index contributed by atoms with van der Waals surface area (Å²) in [5, 5.41) is 4.15. The number of anilines is 2. The zero-order valence-electron chi connectivity index (χ0n) is 10.6. The predicted octanol–water partition coefficient (Wildman–Crippen LogP) is 2.17. The average Bonchev–Trinajstić information content (AvgIpc) is 2.64. The Morgan fingerprint density at radius 3 is 2.44 bits per heavy atom. The van der Waals surface area contributed by atoms with Gasteiger partial charge in [-0.2, -0.15) is 18.3 Å². The summed E-state index contributed by atoms with van der Waals surface area (Å²) in [6, 6.07) is 0. The molecule has 18 heavy (non-hydrogen) atoms. The number of nitrogens with two attached hydrogens (primary N) is 1. The number of aryl methyl sites for hydroxylation is 1. The lowest BCUT2D eigenvalue weighted by Crippen LogP contribution is -2.47. The summed E-state index contributed by atoms with van der Waals surface area (Å²) in [6.07, 6.45) is -2.51. The summed E-state index contributed by atoms with van der Waals surface area (Å²) in [4.78, 5) is 1.65. The maximum atomic E-state index is 13.0. The molecule has 1 aromatic rings. The Labute approximate surface area is 104 Å². The van der Waals surface area contributed by atoms with Crippen LogP contribution in [-0.2, 0) is 7.05 Å². The Bertz CT molecular complexity index is 450. The Morgan fingerprint density at radius 1 is 1.44 bits per heavy atom. The lowest BCUT2D eigenvalue weighted by Gasteiger charge is -2.37. The predicted molar refractivity (Wildman–Crippen MR) is 63.2 cm³/mol. The van der Waals surface area contributed by atoms with E-state index in [-0.39, 0.29) is 6.42 Å². The third-order valence-corrected chi connectivity index (χ3v) is 3.68. The molecule has 102 valence electrons. The Morgan fingerprint density at radius 2 is 2.06 bits per heavy atom. The van der Waals surface area contributed by atoms with Crippen LogP contribution in [0.3, 0.4) is 0 Å². The van der Waals surface area contributed by atoms with E-state index in [2.05, 4.69) is 5.10 Å². The Balaban J connectivity index is 2.35. The summed E-state index contributed by atoms with van der Waals surface area (Å²) in [6.45, 7) is 3.50. The van der Waals surface area contributed by atoms with E-state index in [1.54, 1.807) is 32.0 Å². The molecule has 0 spiro atoms. The van der Waals surface area contributed by atoms with E-state index in [0.29, 0.717) is 18.1 Å². The number of halogens is 3. The van der Waals surface area contributed by atoms with Crippen LogP contribution in [0.5, 0.6) is 0 Å². The molecule has 0 radical (unpaired) electrons. The van der Waals surface area contributed by atoms with Crippen molar-refractivity contribution in [3.63, 3.8) is 0 Å². The van der Waals surface area contributed by atoms with Gasteiger partial charge >= 0.3 is 6.18 Å². The minimum atomic E-state index is -4.19. The number of nitrogens with zero attached hydrogens (tertiary/aromatic N) is 3. The molecule has 2 rings (SSSR count). The summed E-state index contributed by atoms with van der Waals surface area (Å²) >= 11 is 0. The first kappa shape index (κ1) is 13.0. The van der Waals surface area contributed by atoms with Crippen molar-refractivity contribution in [3.05, 3.63) is 6.20 Å². The smallest absolute Gasteiger partial charge is 0.394 e. The first-order chi connectivity index (χ1) is 8.14. The average molecular weight is 262 g/mol. The molecule has 7 heteroatoms. The van der Waals surface area contributed by atoms with Gasteiger partial charge in [-0.25, -0.2) is 0 Å². The standard InChI is InChI=1S/C11H17F3N4/c1-10(2)8(11(12,13)14)4-5-18(10)9-7(15)6-17(3)16-9/h6,8H,4-5,15H2,1-3H3. The maximum Gasteiger partial charge on any atom is 0.394 e. The van der Waals surface area contributed by atoms with Gasteiger partial charge in [0.05, 0.1) is 11.6 Å². The van der Waals surface area contributed by atoms with Crippen LogP contribution in [0.2, 0.25) is 0 Å². The quantitative estimate of drug-likeness (QED) is 0.843. The molecule has 1 aromatic heterocycles. The minimum absolute atomic E-state index is 0.0759. The molecule has 0 saturated carbocycles. The molecule has 1 aliphatic rings. The molecule has 4 nitrogen and oxygen atoms in total. The fourth-order valence-electron chi connectivity index (χ4n) is 2.74. The van der Waals surface area contributed by atoms with Gasteiger partial charge in [0, 0.05) is 25.3 Å². The van der Waals surface area contributed by atoms with Crippen LogP contribution in [0.15, 0.2) is 6.20 Å². The fraction of sp³-hybridized carbons (Fsp3) is 0.727. The van der Waals surface area contributed by atoms with E-state index in [1.165, 1.54) is 4.68 Å². The van der Waals surface area contributed by atoms with E-state index in [1.807, 2.05) is 0 Å². The van der Waals surface area contributed by atoms with Crippen molar-refractivity contribution in [1.82, 2.24) is 9.78 Å². The first-order valence-electron chi connectivity index (χ1n) is 5.77. The van der Waals surface area contributed by atoms with Crippen molar-refractivity contribution < 1.29 is 13.2 Å². The monoisotopic (exact) mass is 262 g/mol. The molecule has 2 heterocycles. The van der Waals surface area contributed by atoms with Gasteiger partial charge in [0.15, 0.2) is 5.82 Å². The second kappa shape index (κ2) is 3.80. The van der Waals surface area contributed by atoms with Crippen molar-refractivity contribution >= 4 is 11.5 Å². The van der Waals surface area contributed by atoms with Gasteiger partial charge in [0.1, 0.15) is 0 Å². The number of aromatic nitrogens is 2. The van der Waals surface area contributed by atoms with Gasteiger partial charge in [-0.05, 0) is 20.3 Å². The molecular weight excluding hydrogens is 245 g/mol. The lowest BCUT2D eigenvalue weighted by atomic mass is 9.88. The van der Waals surface area contributed by atoms with Crippen molar-refractivity contribution in [3.8, 4) is 0 Å². The lowest BCUT2D eigenvalue weighted by molar-refractivity contribution is -0.183. The van der Waals surface area contributed by atoms with Gasteiger partial charge in [0.25, 0.3) is 0 Å². The van der Waals surface area contributed by atoms with E-state index in [9.17, 15) is 13.2 Å². The van der Waals surface area contributed by atoms with Gasteiger partial charge in [-0.3, -0.25) is 4.68 Å². The van der Waals surface area contributed by atoms with Crippen LogP contribution in [0, 0.1) is 5.92 Å². The molecule has 0 bridgehead atoms. The molecule has 1 unspecified atom stereocenters. The van der Waals surface area contributed by atoms with Crippen LogP contribution in [0.4, 0.5) is 24.7 Å². The van der Waals surface area contributed by atoms with E-state index in [0.717, 1.165) is 0 Å². The molecule has 0 aromatic carbocycles. The Hall–Kier alpha value is -1.40. The first-order valence-corrected chi connectivity index (χ1v) is 5.77. The molecular formula is C11H17F3N4. The zero-order valence-corrected chi connectivity index (χ0v) is 10.6. The highest BCUT2D eigenvalue weighted by molar-refractivity contribution is 5.63. The molecule has 1 atom stereocenters. The van der Waals surface area contributed by atoms with E-state index < -0.39 is 17.6 Å². The van der Waals surface area contributed by atoms with Gasteiger partial charge in [-0.1, -0.05) is 0 Å². The summed E-state index contributed by atoms with van der Waals surface area (Å²) < 4.78 is 40.4. The van der Waals surface area contributed by atoms with Crippen molar-refractivity contribution in [2.75, 3.05) is 17.2 Å². The van der Waals surface area contributed by atoms with Crippen molar-refractivity contribution in [2.24, 2.45) is 13.0 Å². The van der Waals surface area contributed by atoms with Crippen molar-refractivity contribution in [1.29, 1.82) is 0 Å². The fourth-order valence-corrected chi connectivity index (χ4v) is 2.74. The zero-order chi connectivity index (χ0) is 13.7. The SMILES string of the molecule is Cn1cc(N)c(N2CCC(C(F)(F)F)C2(C)C)n1. The van der Waals surface area contributed by atoms with Crippen LogP contribution in [-0.4, -0.2) is 28.0 Å². The maximum absolute atomic E-state index is 13.0. The van der Waals surface area contributed by atoms with Crippen molar-refractivity contribution in [2.45, 2.75) is 32.0 Å². The van der Waals surface area contributed by atoms with Crippen LogP contribution >= 0.6 is 0 Å². The highest BCUT2D eigenvalue weighted by Crippen LogP contribution is 2.46. The summed E-state index contributed by atoms with van der Waals surface area (Å²) in [5.41, 5.74) is 5.17. The van der Waals surface area contributed by atoms with E-state index in [4.69, 9.17) is 5.73 Å². The number of nitrogen functional groups attached to an aromatic ring is 1. The third-order valence-electron chi connectivity index (χ3n) is 3.68. The topological polar surface area (TPSA) is 47.1 Å². The van der Waals surface area contributed by atoms with Crippen LogP contribution < -0.4 is 10.6 Å². The second-order valence-corrected chi connectivity index (χ2v) is 5.27. The minimum Gasteiger partial charge on any atom is -0.394 e. The third kappa shape index (κ3) is 1.91. The molecule has 1 aliphatic heterocycles. The second-order valence-electron chi connectivity index (χ2n) is 5.27. The van der Waals surface area contributed by atoms with Gasteiger partial charge < -0.3 is 10.6 Å². The van der Waals surface area contributed by atoms with Gasteiger partial charge in [0.2, 0.25) is 0 Å². The van der Waals surface area contributed by atoms with Crippen LogP contribution in [0.25, 0.3) is 0 Å². The number of hydrogen-bond acceptors (Lipinski definition) is 3.